The third-order valence-electron chi connectivity index (χ3n) is 1.36. The molecule has 1 aliphatic rings. The maximum absolute atomic E-state index is 11.8. The van der Waals surface area contributed by atoms with Crippen molar-refractivity contribution in [2.75, 3.05) is 26.4 Å². The molecule has 0 aromatic heterocycles. The average Bonchev–Trinajstić information content (AvgIpc) is 2.51. The molecule has 0 amide bonds. The van der Waals surface area contributed by atoms with Crippen LogP contribution in [0.25, 0.3) is 0 Å². The topological polar surface area (TPSA) is 80.3 Å². The molecular formula is C6H14O7P2. The van der Waals surface area contributed by atoms with E-state index < -0.39 is 15.6 Å². The standard InChI is InChI=1S/C6H14O7P2/c1-3-9-14(7,10-4-2)13-15(8)11-5-6-12-15/h3-6H2,1-2H3. The maximum atomic E-state index is 11.8. The van der Waals surface area contributed by atoms with Gasteiger partial charge in [0.15, 0.2) is 0 Å². The van der Waals surface area contributed by atoms with E-state index in [-0.39, 0.29) is 26.4 Å². The van der Waals surface area contributed by atoms with Crippen molar-refractivity contribution in [3.63, 3.8) is 0 Å². The lowest BCUT2D eigenvalue weighted by molar-refractivity contribution is 0.148. The van der Waals surface area contributed by atoms with E-state index in [1.54, 1.807) is 13.8 Å². The number of phosphoric acid groups is 2. The molecule has 0 N–H and O–H groups in total. The van der Waals surface area contributed by atoms with Gasteiger partial charge in [0.05, 0.1) is 26.4 Å². The second-order valence-electron chi connectivity index (χ2n) is 2.48. The van der Waals surface area contributed by atoms with Crippen LogP contribution in [0.4, 0.5) is 0 Å². The van der Waals surface area contributed by atoms with E-state index in [0.717, 1.165) is 0 Å². The lowest BCUT2D eigenvalue weighted by Gasteiger charge is -2.18. The van der Waals surface area contributed by atoms with Crippen molar-refractivity contribution in [1.29, 1.82) is 0 Å². The molecule has 0 spiro atoms. The minimum atomic E-state index is -3.85. The zero-order valence-electron chi connectivity index (χ0n) is 8.58. The Morgan fingerprint density at radius 1 is 1.20 bits per heavy atom. The summed E-state index contributed by atoms with van der Waals surface area (Å²) in [6, 6.07) is 0. The molecule has 7 nitrogen and oxygen atoms in total. The molecule has 9 heteroatoms. The number of phosphoric ester groups is 2. The summed E-state index contributed by atoms with van der Waals surface area (Å²) in [6.07, 6.45) is 0. The fourth-order valence-corrected chi connectivity index (χ4v) is 4.02. The van der Waals surface area contributed by atoms with Crippen molar-refractivity contribution in [2.45, 2.75) is 13.8 Å². The SMILES string of the molecule is CCOP(=O)(OCC)OP1(=O)OCCO1. The fourth-order valence-electron chi connectivity index (χ4n) is 0.906. The van der Waals surface area contributed by atoms with Crippen LogP contribution in [0.2, 0.25) is 0 Å². The van der Waals surface area contributed by atoms with Gasteiger partial charge in [-0.15, -0.1) is 0 Å². The van der Waals surface area contributed by atoms with E-state index in [4.69, 9.17) is 18.1 Å². The average molecular weight is 260 g/mol. The Hall–Kier alpha value is 0.260. The number of hydrogen-bond acceptors (Lipinski definition) is 7. The molecule has 0 aliphatic carbocycles. The van der Waals surface area contributed by atoms with Crippen LogP contribution in [0.1, 0.15) is 13.8 Å². The van der Waals surface area contributed by atoms with Crippen LogP contribution < -0.4 is 0 Å². The summed E-state index contributed by atoms with van der Waals surface area (Å²) >= 11 is 0. The van der Waals surface area contributed by atoms with Gasteiger partial charge >= 0.3 is 15.6 Å². The molecule has 1 fully saturated rings. The summed E-state index contributed by atoms with van der Waals surface area (Å²) in [6.45, 7) is 3.71. The summed E-state index contributed by atoms with van der Waals surface area (Å²) in [5.41, 5.74) is 0. The van der Waals surface area contributed by atoms with Gasteiger partial charge in [-0.1, -0.05) is 0 Å². The highest BCUT2D eigenvalue weighted by Crippen LogP contribution is 2.67. The first-order valence-corrected chi connectivity index (χ1v) is 7.45. The van der Waals surface area contributed by atoms with Crippen molar-refractivity contribution < 1.29 is 31.5 Å². The molecule has 0 radical (unpaired) electrons. The molecule has 0 aromatic carbocycles. The summed E-state index contributed by atoms with van der Waals surface area (Å²) in [7, 11) is -7.61. The largest absolute Gasteiger partial charge is 0.483 e. The first-order valence-electron chi connectivity index (χ1n) is 4.53. The van der Waals surface area contributed by atoms with Gasteiger partial charge in [-0.25, -0.2) is 9.13 Å². The maximum Gasteiger partial charge on any atom is 0.483 e. The fraction of sp³-hybridized carbons (Fsp3) is 1.00. The van der Waals surface area contributed by atoms with Crippen molar-refractivity contribution >= 4 is 15.6 Å². The molecule has 0 aromatic rings. The van der Waals surface area contributed by atoms with Crippen LogP contribution in [-0.2, 0) is 31.5 Å². The molecule has 0 saturated carbocycles. The summed E-state index contributed by atoms with van der Waals surface area (Å²) in [4.78, 5) is 0. The Balaban J connectivity index is 2.65. The van der Waals surface area contributed by atoms with E-state index in [9.17, 15) is 9.13 Å². The van der Waals surface area contributed by atoms with Crippen molar-refractivity contribution in [1.82, 2.24) is 0 Å². The lowest BCUT2D eigenvalue weighted by Crippen LogP contribution is -1.99. The van der Waals surface area contributed by atoms with Crippen LogP contribution in [0.15, 0.2) is 0 Å². The van der Waals surface area contributed by atoms with Gasteiger partial charge in [0.1, 0.15) is 0 Å². The summed E-state index contributed by atoms with van der Waals surface area (Å²) < 4.78 is 47.0. The molecule has 1 heterocycles. The minimum Gasteiger partial charge on any atom is -0.287 e. The Morgan fingerprint density at radius 2 is 1.67 bits per heavy atom. The highest BCUT2D eigenvalue weighted by atomic mass is 31.3. The smallest absolute Gasteiger partial charge is 0.287 e. The highest BCUT2D eigenvalue weighted by Gasteiger charge is 2.42. The van der Waals surface area contributed by atoms with Crippen LogP contribution in [0.3, 0.4) is 0 Å². The molecule has 1 aliphatic heterocycles. The van der Waals surface area contributed by atoms with Crippen molar-refractivity contribution in [3.8, 4) is 0 Å². The van der Waals surface area contributed by atoms with Crippen molar-refractivity contribution in [3.05, 3.63) is 0 Å². The molecule has 15 heavy (non-hydrogen) atoms. The van der Waals surface area contributed by atoms with E-state index in [1.165, 1.54) is 0 Å². The van der Waals surface area contributed by atoms with Crippen LogP contribution in [0.5, 0.6) is 0 Å². The Kier molecular flexibility index (Phi) is 4.93. The van der Waals surface area contributed by atoms with Gasteiger partial charge in [-0.05, 0) is 13.8 Å². The molecule has 0 unspecified atom stereocenters. The number of rotatable bonds is 6. The van der Waals surface area contributed by atoms with Gasteiger partial charge < -0.3 is 0 Å². The predicted molar refractivity (Wildman–Crippen MR) is 51.5 cm³/mol. The molecule has 0 atom stereocenters. The first-order chi connectivity index (χ1) is 7.04. The normalized spacial score (nSPS) is 20.7. The van der Waals surface area contributed by atoms with Gasteiger partial charge in [0.2, 0.25) is 0 Å². The molecule has 0 bridgehead atoms. The van der Waals surface area contributed by atoms with Gasteiger partial charge in [0.25, 0.3) is 0 Å². The van der Waals surface area contributed by atoms with Crippen molar-refractivity contribution in [2.24, 2.45) is 0 Å². The van der Waals surface area contributed by atoms with Crippen LogP contribution >= 0.6 is 15.6 Å². The summed E-state index contributed by atoms with van der Waals surface area (Å²) in [5.74, 6) is 0. The third kappa shape index (κ3) is 3.96. The minimum absolute atomic E-state index is 0.108. The predicted octanol–water partition coefficient (Wildman–Crippen LogP) is 2.34. The zero-order valence-corrected chi connectivity index (χ0v) is 10.4. The monoisotopic (exact) mass is 260 g/mol. The third-order valence-corrected chi connectivity index (χ3v) is 5.10. The van der Waals surface area contributed by atoms with E-state index in [0.29, 0.717) is 0 Å². The van der Waals surface area contributed by atoms with E-state index >= 15 is 0 Å². The number of hydrogen-bond donors (Lipinski definition) is 0. The zero-order chi connectivity index (χ0) is 11.4. The van der Waals surface area contributed by atoms with Gasteiger partial charge in [-0.2, -0.15) is 4.31 Å². The second-order valence-corrected chi connectivity index (χ2v) is 5.95. The molecular weight excluding hydrogens is 246 g/mol. The van der Waals surface area contributed by atoms with Crippen LogP contribution in [0, 0.1) is 0 Å². The van der Waals surface area contributed by atoms with Gasteiger partial charge in [0, 0.05) is 0 Å². The molecule has 90 valence electrons. The van der Waals surface area contributed by atoms with Gasteiger partial charge in [-0.3, -0.25) is 18.1 Å². The van der Waals surface area contributed by atoms with E-state index in [2.05, 4.69) is 4.31 Å². The Labute approximate surface area is 88.2 Å². The Bertz CT molecular complexity index is 271. The quantitative estimate of drug-likeness (QED) is 0.678. The molecule has 1 saturated heterocycles. The highest BCUT2D eigenvalue weighted by molar-refractivity contribution is 7.62. The molecule has 1 rings (SSSR count). The lowest BCUT2D eigenvalue weighted by atomic mass is 10.8. The first kappa shape index (κ1) is 13.3. The Morgan fingerprint density at radius 3 is 2.07 bits per heavy atom. The van der Waals surface area contributed by atoms with Crippen LogP contribution in [-0.4, -0.2) is 26.4 Å². The van der Waals surface area contributed by atoms with E-state index in [1.807, 2.05) is 0 Å². The second kappa shape index (κ2) is 5.55. The summed E-state index contributed by atoms with van der Waals surface area (Å²) in [5, 5.41) is 0.